The lowest BCUT2D eigenvalue weighted by atomic mass is 10.2. The molecule has 0 saturated carbocycles. The predicted octanol–water partition coefficient (Wildman–Crippen LogP) is 1.51. The van der Waals surface area contributed by atoms with Crippen molar-refractivity contribution in [3.8, 4) is 17.2 Å². The average Bonchev–Trinajstić information content (AvgIpc) is 2.73. The van der Waals surface area contributed by atoms with Crippen molar-refractivity contribution in [2.24, 2.45) is 7.05 Å². The second-order valence-corrected chi connectivity index (χ2v) is 6.26. The normalized spacial score (nSPS) is 10.5. The summed E-state index contributed by atoms with van der Waals surface area (Å²) in [6.07, 6.45) is 0. The molecule has 150 valence electrons. The van der Waals surface area contributed by atoms with E-state index in [4.69, 9.17) is 9.47 Å². The topological polar surface area (TPSA) is 104 Å². The number of carbonyl (C=O) groups excluding carboxylic acids is 1. The number of anilines is 1. The Kier molecular flexibility index (Phi) is 5.49. The van der Waals surface area contributed by atoms with E-state index in [-0.39, 0.29) is 0 Å². The first-order valence-corrected chi connectivity index (χ1v) is 8.66. The van der Waals surface area contributed by atoms with Gasteiger partial charge in [-0.05, 0) is 31.2 Å². The highest BCUT2D eigenvalue weighted by Gasteiger charge is 2.20. The average molecular weight is 396 g/mol. The van der Waals surface area contributed by atoms with Gasteiger partial charge < -0.3 is 14.8 Å². The van der Waals surface area contributed by atoms with Crippen LogP contribution in [0.3, 0.4) is 0 Å². The van der Waals surface area contributed by atoms with E-state index >= 15 is 0 Å². The van der Waals surface area contributed by atoms with E-state index in [0.717, 1.165) is 14.8 Å². The largest absolute Gasteiger partial charge is 0.497 e. The van der Waals surface area contributed by atoms with Crippen LogP contribution < -0.4 is 26.0 Å². The molecule has 3 aromatic rings. The molecule has 1 N–H and O–H groups in total. The summed E-state index contributed by atoms with van der Waals surface area (Å²) in [7, 11) is 4.25. The lowest BCUT2D eigenvalue weighted by Gasteiger charge is -2.12. The number of hydrogen-bond acceptors (Lipinski definition) is 6. The van der Waals surface area contributed by atoms with Crippen molar-refractivity contribution < 1.29 is 14.3 Å². The second kappa shape index (κ2) is 8.01. The molecule has 0 aliphatic rings. The van der Waals surface area contributed by atoms with Crippen LogP contribution in [0, 0.1) is 6.92 Å². The summed E-state index contributed by atoms with van der Waals surface area (Å²) in [6.45, 7) is 1.90. The van der Waals surface area contributed by atoms with Crippen LogP contribution in [0.15, 0.2) is 52.1 Å². The quantitative estimate of drug-likeness (QED) is 0.701. The Morgan fingerprint density at radius 2 is 1.72 bits per heavy atom. The van der Waals surface area contributed by atoms with Crippen molar-refractivity contribution in [2.45, 2.75) is 6.92 Å². The summed E-state index contributed by atoms with van der Waals surface area (Å²) >= 11 is 0. The van der Waals surface area contributed by atoms with Crippen LogP contribution in [0.2, 0.25) is 0 Å². The fourth-order valence-corrected chi connectivity index (χ4v) is 2.65. The highest BCUT2D eigenvalue weighted by Crippen LogP contribution is 2.29. The number of nitrogens with zero attached hydrogens (tertiary/aromatic N) is 3. The van der Waals surface area contributed by atoms with Gasteiger partial charge in [0.05, 0.1) is 25.6 Å². The summed E-state index contributed by atoms with van der Waals surface area (Å²) in [4.78, 5) is 37.7. The zero-order valence-corrected chi connectivity index (χ0v) is 16.4. The number of aromatic nitrogens is 3. The van der Waals surface area contributed by atoms with Gasteiger partial charge in [0.2, 0.25) is 5.69 Å². The Hall–Kier alpha value is -3.88. The van der Waals surface area contributed by atoms with E-state index in [1.54, 1.807) is 42.5 Å². The third kappa shape index (κ3) is 3.88. The summed E-state index contributed by atoms with van der Waals surface area (Å²) in [6, 6.07) is 11.8. The molecule has 9 heteroatoms. The minimum atomic E-state index is -0.802. The molecular formula is C20H20N4O5. The van der Waals surface area contributed by atoms with Gasteiger partial charge in [-0.2, -0.15) is 9.78 Å². The Bertz CT molecular complexity index is 1180. The van der Waals surface area contributed by atoms with Gasteiger partial charge in [0.1, 0.15) is 11.5 Å². The maximum absolute atomic E-state index is 12.8. The smallest absolute Gasteiger partial charge is 0.351 e. The SMILES string of the molecule is COc1ccc(NC(=O)c2nn(-c3ccc(C)cc3)c(=O)n(C)c2=O)c(OC)c1. The number of benzene rings is 2. The zero-order chi connectivity index (χ0) is 21.1. The summed E-state index contributed by atoms with van der Waals surface area (Å²) in [5.74, 6) is 0.123. The third-order valence-corrected chi connectivity index (χ3v) is 4.33. The zero-order valence-electron chi connectivity index (χ0n) is 16.4. The standard InChI is InChI=1S/C20H20N4O5/c1-12-5-7-13(8-6-12)24-20(27)23(2)19(26)17(22-24)18(25)21-15-10-9-14(28-3)11-16(15)29-4/h5-11H,1-4H3,(H,21,25). The molecule has 0 aliphatic heterocycles. The summed E-state index contributed by atoms with van der Waals surface area (Å²) in [5.41, 5.74) is -0.120. The fraction of sp³-hybridized carbons (Fsp3) is 0.200. The van der Waals surface area contributed by atoms with E-state index in [2.05, 4.69) is 10.4 Å². The molecule has 2 aromatic carbocycles. The van der Waals surface area contributed by atoms with E-state index in [0.29, 0.717) is 22.9 Å². The predicted molar refractivity (Wildman–Crippen MR) is 107 cm³/mol. The number of amides is 1. The van der Waals surface area contributed by atoms with Crippen LogP contribution >= 0.6 is 0 Å². The first kappa shape index (κ1) is 19.9. The minimum Gasteiger partial charge on any atom is -0.497 e. The molecule has 0 atom stereocenters. The van der Waals surface area contributed by atoms with Crippen molar-refractivity contribution >= 4 is 11.6 Å². The number of rotatable bonds is 5. The van der Waals surface area contributed by atoms with Gasteiger partial charge in [0.15, 0.2) is 0 Å². The van der Waals surface area contributed by atoms with Gasteiger partial charge in [0, 0.05) is 13.1 Å². The Morgan fingerprint density at radius 1 is 1.03 bits per heavy atom. The van der Waals surface area contributed by atoms with Crippen LogP contribution in [-0.4, -0.2) is 34.5 Å². The van der Waals surface area contributed by atoms with Crippen LogP contribution in [0.1, 0.15) is 16.1 Å². The molecular weight excluding hydrogens is 376 g/mol. The van der Waals surface area contributed by atoms with Gasteiger partial charge >= 0.3 is 5.69 Å². The molecule has 29 heavy (non-hydrogen) atoms. The number of carbonyl (C=O) groups is 1. The first-order valence-electron chi connectivity index (χ1n) is 8.66. The van der Waals surface area contributed by atoms with Gasteiger partial charge in [-0.1, -0.05) is 17.7 Å². The lowest BCUT2D eigenvalue weighted by Crippen LogP contribution is -2.43. The molecule has 0 fully saturated rings. The van der Waals surface area contributed by atoms with E-state index in [9.17, 15) is 14.4 Å². The van der Waals surface area contributed by atoms with Crippen LogP contribution in [-0.2, 0) is 7.05 Å². The molecule has 1 amide bonds. The maximum atomic E-state index is 12.8. The molecule has 3 rings (SSSR count). The van der Waals surface area contributed by atoms with Crippen LogP contribution in [0.5, 0.6) is 11.5 Å². The highest BCUT2D eigenvalue weighted by molar-refractivity contribution is 6.03. The molecule has 0 saturated heterocycles. The van der Waals surface area contributed by atoms with Crippen molar-refractivity contribution in [1.29, 1.82) is 0 Å². The van der Waals surface area contributed by atoms with Crippen LogP contribution in [0.4, 0.5) is 5.69 Å². The molecule has 0 unspecified atom stereocenters. The van der Waals surface area contributed by atoms with Crippen LogP contribution in [0.25, 0.3) is 5.69 Å². The monoisotopic (exact) mass is 396 g/mol. The van der Waals surface area contributed by atoms with Gasteiger partial charge in [0.25, 0.3) is 11.5 Å². The summed E-state index contributed by atoms with van der Waals surface area (Å²) < 4.78 is 12.2. The van der Waals surface area contributed by atoms with Gasteiger partial charge in [-0.15, -0.1) is 0 Å². The van der Waals surface area contributed by atoms with Crippen molar-refractivity contribution in [3.63, 3.8) is 0 Å². The van der Waals surface area contributed by atoms with Gasteiger partial charge in [-0.3, -0.25) is 14.2 Å². The lowest BCUT2D eigenvalue weighted by molar-refractivity contribution is 0.101. The Labute approximate surface area is 166 Å². The number of methoxy groups -OCH3 is 2. The molecule has 0 aliphatic carbocycles. The van der Waals surface area contributed by atoms with Crippen molar-refractivity contribution in [1.82, 2.24) is 14.3 Å². The molecule has 1 aromatic heterocycles. The molecule has 1 heterocycles. The minimum absolute atomic E-state index is 0.329. The number of aryl methyl sites for hydroxylation is 1. The molecule has 9 nitrogen and oxygen atoms in total. The highest BCUT2D eigenvalue weighted by atomic mass is 16.5. The maximum Gasteiger partial charge on any atom is 0.351 e. The van der Waals surface area contributed by atoms with E-state index < -0.39 is 22.9 Å². The number of nitrogens with one attached hydrogen (secondary N) is 1. The van der Waals surface area contributed by atoms with Crippen molar-refractivity contribution in [3.05, 3.63) is 74.6 Å². The molecule has 0 radical (unpaired) electrons. The Morgan fingerprint density at radius 3 is 2.34 bits per heavy atom. The van der Waals surface area contributed by atoms with E-state index in [1.807, 2.05) is 6.92 Å². The van der Waals surface area contributed by atoms with E-state index in [1.165, 1.54) is 21.3 Å². The summed E-state index contributed by atoms with van der Waals surface area (Å²) in [5, 5.41) is 6.60. The first-order chi connectivity index (χ1) is 13.8. The van der Waals surface area contributed by atoms with Gasteiger partial charge in [-0.25, -0.2) is 4.79 Å². The Balaban J connectivity index is 2.05. The number of hydrogen-bond donors (Lipinski definition) is 1. The number of ether oxygens (including phenoxy) is 2. The fourth-order valence-electron chi connectivity index (χ4n) is 2.65. The molecule has 0 spiro atoms. The van der Waals surface area contributed by atoms with Crippen molar-refractivity contribution in [2.75, 3.05) is 19.5 Å². The molecule has 0 bridgehead atoms. The third-order valence-electron chi connectivity index (χ3n) is 4.33. The second-order valence-electron chi connectivity index (χ2n) is 6.26.